The van der Waals surface area contributed by atoms with Crippen molar-refractivity contribution in [2.45, 2.75) is 26.3 Å². The Morgan fingerprint density at radius 1 is 1.44 bits per heavy atom. The zero-order valence-corrected chi connectivity index (χ0v) is 10.9. The summed E-state index contributed by atoms with van der Waals surface area (Å²) in [5, 5.41) is 12.3. The van der Waals surface area contributed by atoms with Gasteiger partial charge in [0.1, 0.15) is 6.04 Å². The highest BCUT2D eigenvalue weighted by Crippen LogP contribution is 2.23. The molecule has 0 bridgehead atoms. The van der Waals surface area contributed by atoms with Crippen molar-refractivity contribution in [3.63, 3.8) is 0 Å². The Labute approximate surface area is 108 Å². The highest BCUT2D eigenvalue weighted by molar-refractivity contribution is 5.98. The molecule has 0 saturated carbocycles. The molecule has 4 heteroatoms. The molecule has 1 unspecified atom stereocenters. The van der Waals surface area contributed by atoms with Crippen molar-refractivity contribution in [2.24, 2.45) is 0 Å². The van der Waals surface area contributed by atoms with Crippen LogP contribution in [0.1, 0.15) is 17.5 Å². The van der Waals surface area contributed by atoms with E-state index >= 15 is 0 Å². The number of carbonyl (C=O) groups excluding carboxylic acids is 1. The van der Waals surface area contributed by atoms with Gasteiger partial charge in [-0.25, -0.2) is 0 Å². The summed E-state index contributed by atoms with van der Waals surface area (Å²) >= 11 is 0. The van der Waals surface area contributed by atoms with E-state index in [1.807, 2.05) is 26.0 Å². The van der Waals surface area contributed by atoms with Crippen molar-refractivity contribution in [1.29, 1.82) is 0 Å². The van der Waals surface area contributed by atoms with Crippen LogP contribution in [0.15, 0.2) is 18.2 Å². The van der Waals surface area contributed by atoms with Gasteiger partial charge in [-0.05, 0) is 38.4 Å². The molecule has 4 nitrogen and oxygen atoms in total. The fourth-order valence-electron chi connectivity index (χ4n) is 2.39. The van der Waals surface area contributed by atoms with Crippen molar-refractivity contribution in [3.8, 4) is 0 Å². The molecule has 1 aromatic rings. The first-order valence-corrected chi connectivity index (χ1v) is 6.36. The van der Waals surface area contributed by atoms with Crippen LogP contribution in [0.2, 0.25) is 0 Å². The number of rotatable bonds is 2. The second kappa shape index (κ2) is 5.50. The number of nitrogens with zero attached hydrogens (tertiary/aromatic N) is 1. The first-order chi connectivity index (χ1) is 8.63. The van der Waals surface area contributed by atoms with Gasteiger partial charge in [0, 0.05) is 12.2 Å². The van der Waals surface area contributed by atoms with E-state index in [9.17, 15) is 9.90 Å². The molecule has 0 aromatic heterocycles. The van der Waals surface area contributed by atoms with Crippen LogP contribution in [0.4, 0.5) is 5.69 Å². The number of aliphatic hydroxyl groups excluding tert-OH is 1. The number of carbonyl (C=O) groups is 1. The van der Waals surface area contributed by atoms with Crippen molar-refractivity contribution in [1.82, 2.24) is 5.32 Å². The fraction of sp³-hybridized carbons (Fsp3) is 0.500. The maximum atomic E-state index is 12.3. The molecular formula is C14H20N2O2. The third kappa shape index (κ3) is 2.54. The molecule has 18 heavy (non-hydrogen) atoms. The van der Waals surface area contributed by atoms with Crippen LogP contribution in [0.3, 0.4) is 0 Å². The second-order valence-electron chi connectivity index (χ2n) is 4.82. The van der Waals surface area contributed by atoms with E-state index in [4.69, 9.17) is 0 Å². The van der Waals surface area contributed by atoms with Crippen molar-refractivity contribution >= 4 is 11.6 Å². The molecule has 1 atom stereocenters. The number of aliphatic hydroxyl groups is 1. The van der Waals surface area contributed by atoms with Gasteiger partial charge in [0.25, 0.3) is 0 Å². The Balaban J connectivity index is 2.32. The van der Waals surface area contributed by atoms with Crippen molar-refractivity contribution in [2.75, 3.05) is 24.6 Å². The summed E-state index contributed by atoms with van der Waals surface area (Å²) < 4.78 is 0. The maximum absolute atomic E-state index is 12.3. The van der Waals surface area contributed by atoms with E-state index in [0.29, 0.717) is 6.54 Å². The lowest BCUT2D eigenvalue weighted by atomic mass is 10.1. The molecular weight excluding hydrogens is 228 g/mol. The second-order valence-corrected chi connectivity index (χ2v) is 4.82. The van der Waals surface area contributed by atoms with E-state index < -0.39 is 6.04 Å². The van der Waals surface area contributed by atoms with Crippen LogP contribution in [-0.2, 0) is 4.79 Å². The van der Waals surface area contributed by atoms with Crippen LogP contribution >= 0.6 is 0 Å². The van der Waals surface area contributed by atoms with E-state index in [0.717, 1.165) is 24.2 Å². The van der Waals surface area contributed by atoms with Crippen molar-refractivity contribution in [3.05, 3.63) is 29.3 Å². The molecule has 0 aliphatic carbocycles. The zero-order valence-electron chi connectivity index (χ0n) is 10.9. The number of benzene rings is 1. The number of amides is 1. The third-order valence-electron chi connectivity index (χ3n) is 3.34. The normalized spacial score (nSPS) is 20.9. The number of nitrogens with one attached hydrogen (secondary N) is 1. The molecule has 1 fully saturated rings. The van der Waals surface area contributed by atoms with E-state index in [1.165, 1.54) is 5.56 Å². The van der Waals surface area contributed by atoms with Crippen LogP contribution in [0.5, 0.6) is 0 Å². The number of aryl methyl sites for hydroxylation is 2. The first-order valence-electron chi connectivity index (χ1n) is 6.36. The van der Waals surface area contributed by atoms with Crippen LogP contribution < -0.4 is 10.2 Å². The quantitative estimate of drug-likeness (QED) is 0.820. The molecule has 1 amide bonds. The smallest absolute Gasteiger partial charge is 0.246 e. The Kier molecular flexibility index (Phi) is 3.99. The predicted molar refractivity (Wildman–Crippen MR) is 71.8 cm³/mol. The van der Waals surface area contributed by atoms with E-state index in [-0.39, 0.29) is 12.5 Å². The first kappa shape index (κ1) is 13.1. The highest BCUT2D eigenvalue weighted by atomic mass is 16.3. The third-order valence-corrected chi connectivity index (χ3v) is 3.34. The van der Waals surface area contributed by atoms with E-state index in [2.05, 4.69) is 11.4 Å². The van der Waals surface area contributed by atoms with Gasteiger partial charge in [-0.3, -0.25) is 4.79 Å². The average Bonchev–Trinajstić information content (AvgIpc) is 2.52. The van der Waals surface area contributed by atoms with Gasteiger partial charge in [0.05, 0.1) is 6.61 Å². The lowest BCUT2D eigenvalue weighted by Gasteiger charge is -2.25. The summed E-state index contributed by atoms with van der Waals surface area (Å²) in [4.78, 5) is 14.1. The summed E-state index contributed by atoms with van der Waals surface area (Å²) in [6, 6.07) is 5.60. The minimum absolute atomic E-state index is 0.0399. The lowest BCUT2D eigenvalue weighted by molar-refractivity contribution is -0.121. The summed E-state index contributed by atoms with van der Waals surface area (Å²) in [6.07, 6.45) is 0.898. The summed E-state index contributed by atoms with van der Waals surface area (Å²) in [5.41, 5.74) is 3.24. The Morgan fingerprint density at radius 3 is 2.89 bits per heavy atom. The molecule has 1 heterocycles. The largest absolute Gasteiger partial charge is 0.394 e. The summed E-state index contributed by atoms with van der Waals surface area (Å²) in [7, 11) is 0. The Bertz CT molecular complexity index is 445. The molecule has 0 radical (unpaired) electrons. The minimum atomic E-state index is -0.479. The Morgan fingerprint density at radius 2 is 2.22 bits per heavy atom. The SMILES string of the molecule is Cc1ccc(N2CCCNC(CO)C2=O)c(C)c1. The van der Waals surface area contributed by atoms with Gasteiger partial charge < -0.3 is 15.3 Å². The Hall–Kier alpha value is -1.39. The topological polar surface area (TPSA) is 52.6 Å². The van der Waals surface area contributed by atoms with Gasteiger partial charge in [-0.1, -0.05) is 17.7 Å². The zero-order chi connectivity index (χ0) is 13.1. The standard InChI is InChI=1S/C14H20N2O2/c1-10-4-5-13(11(2)8-10)16-7-3-6-15-12(9-17)14(16)18/h4-5,8,12,15,17H,3,6-7,9H2,1-2H3. The molecule has 2 rings (SSSR count). The average molecular weight is 248 g/mol. The highest BCUT2D eigenvalue weighted by Gasteiger charge is 2.27. The van der Waals surface area contributed by atoms with E-state index in [1.54, 1.807) is 4.90 Å². The number of hydrogen-bond acceptors (Lipinski definition) is 3. The van der Waals surface area contributed by atoms with Gasteiger partial charge in [-0.15, -0.1) is 0 Å². The van der Waals surface area contributed by atoms with Gasteiger partial charge in [0.2, 0.25) is 5.91 Å². The number of anilines is 1. The molecule has 1 aliphatic rings. The molecule has 98 valence electrons. The van der Waals surface area contributed by atoms with Gasteiger partial charge in [0.15, 0.2) is 0 Å². The van der Waals surface area contributed by atoms with Crippen LogP contribution in [-0.4, -0.2) is 36.8 Å². The molecule has 1 aromatic carbocycles. The number of hydrogen-bond donors (Lipinski definition) is 2. The fourth-order valence-corrected chi connectivity index (χ4v) is 2.39. The van der Waals surface area contributed by atoms with Gasteiger partial charge in [-0.2, -0.15) is 0 Å². The summed E-state index contributed by atoms with van der Waals surface area (Å²) in [5.74, 6) is -0.0399. The van der Waals surface area contributed by atoms with Crippen molar-refractivity contribution < 1.29 is 9.90 Å². The molecule has 1 saturated heterocycles. The minimum Gasteiger partial charge on any atom is -0.394 e. The lowest BCUT2D eigenvalue weighted by Crippen LogP contribution is -2.46. The maximum Gasteiger partial charge on any atom is 0.246 e. The van der Waals surface area contributed by atoms with Crippen LogP contribution in [0.25, 0.3) is 0 Å². The van der Waals surface area contributed by atoms with Crippen LogP contribution in [0, 0.1) is 13.8 Å². The molecule has 0 spiro atoms. The summed E-state index contributed by atoms with van der Waals surface area (Å²) in [6.45, 7) is 5.37. The van der Waals surface area contributed by atoms with Gasteiger partial charge >= 0.3 is 0 Å². The monoisotopic (exact) mass is 248 g/mol. The predicted octanol–water partition coefficient (Wildman–Crippen LogP) is 0.991. The molecule has 2 N–H and O–H groups in total. The molecule has 1 aliphatic heterocycles.